The largest absolute Gasteiger partial charge is 0.316 e. The van der Waals surface area contributed by atoms with Gasteiger partial charge >= 0.3 is 0 Å². The standard InChI is InChI=1S/C8H19NS/c1-7(9-5)6-10-8(2,3)4/h7,9H,6H2,1-5H3. The maximum absolute atomic E-state index is 3.22. The van der Waals surface area contributed by atoms with Crippen LogP contribution in [0.25, 0.3) is 0 Å². The maximum Gasteiger partial charge on any atom is 0.0127 e. The highest BCUT2D eigenvalue weighted by Gasteiger charge is 2.11. The third kappa shape index (κ3) is 6.43. The van der Waals surface area contributed by atoms with Crippen LogP contribution in [-0.2, 0) is 0 Å². The molecule has 62 valence electrons. The highest BCUT2D eigenvalue weighted by Crippen LogP contribution is 2.23. The predicted molar refractivity (Wildman–Crippen MR) is 50.7 cm³/mol. The van der Waals surface area contributed by atoms with E-state index in [1.54, 1.807) is 0 Å². The van der Waals surface area contributed by atoms with Gasteiger partial charge in [-0.05, 0) is 14.0 Å². The number of hydrogen-bond acceptors (Lipinski definition) is 2. The summed E-state index contributed by atoms with van der Waals surface area (Å²) in [6, 6.07) is 0.629. The molecular weight excluding hydrogens is 142 g/mol. The molecule has 0 heterocycles. The molecule has 0 aromatic rings. The summed E-state index contributed by atoms with van der Waals surface area (Å²) in [5, 5.41) is 3.22. The Kier molecular flexibility index (Phi) is 4.37. The molecule has 10 heavy (non-hydrogen) atoms. The van der Waals surface area contributed by atoms with Gasteiger partial charge in [0.15, 0.2) is 0 Å². The van der Waals surface area contributed by atoms with Gasteiger partial charge in [-0.2, -0.15) is 11.8 Å². The summed E-state index contributed by atoms with van der Waals surface area (Å²) in [7, 11) is 2.01. The lowest BCUT2D eigenvalue weighted by Crippen LogP contribution is -2.26. The quantitative estimate of drug-likeness (QED) is 0.680. The molecule has 1 unspecified atom stereocenters. The molecule has 0 amide bonds. The Labute approximate surface area is 69.0 Å². The molecule has 1 atom stereocenters. The Morgan fingerprint density at radius 3 is 2.20 bits per heavy atom. The molecule has 1 nitrogen and oxygen atoms in total. The molecule has 0 fully saturated rings. The molecule has 0 saturated carbocycles. The van der Waals surface area contributed by atoms with E-state index in [0.717, 1.165) is 0 Å². The van der Waals surface area contributed by atoms with E-state index in [1.165, 1.54) is 5.75 Å². The van der Waals surface area contributed by atoms with Crippen molar-refractivity contribution >= 4 is 11.8 Å². The number of nitrogens with one attached hydrogen (secondary N) is 1. The minimum Gasteiger partial charge on any atom is -0.316 e. The number of thioether (sulfide) groups is 1. The Morgan fingerprint density at radius 1 is 1.40 bits per heavy atom. The van der Waals surface area contributed by atoms with Crippen LogP contribution in [0, 0.1) is 0 Å². The van der Waals surface area contributed by atoms with Crippen molar-refractivity contribution in [2.75, 3.05) is 12.8 Å². The fourth-order valence-electron chi connectivity index (χ4n) is 0.458. The van der Waals surface area contributed by atoms with Crippen molar-refractivity contribution in [1.29, 1.82) is 0 Å². The molecule has 0 bridgehead atoms. The first kappa shape index (κ1) is 10.3. The summed E-state index contributed by atoms with van der Waals surface area (Å²) in [6.45, 7) is 8.96. The van der Waals surface area contributed by atoms with Crippen LogP contribution in [0.3, 0.4) is 0 Å². The molecular formula is C8H19NS. The van der Waals surface area contributed by atoms with E-state index in [-0.39, 0.29) is 0 Å². The van der Waals surface area contributed by atoms with E-state index in [9.17, 15) is 0 Å². The average Bonchev–Trinajstić information content (AvgIpc) is 1.81. The molecule has 0 radical (unpaired) electrons. The van der Waals surface area contributed by atoms with Gasteiger partial charge in [-0.1, -0.05) is 20.8 Å². The van der Waals surface area contributed by atoms with Crippen molar-refractivity contribution in [2.45, 2.75) is 38.5 Å². The van der Waals surface area contributed by atoms with Crippen molar-refractivity contribution in [1.82, 2.24) is 5.32 Å². The zero-order valence-electron chi connectivity index (χ0n) is 7.69. The monoisotopic (exact) mass is 161 g/mol. The zero-order chi connectivity index (χ0) is 8.20. The fraction of sp³-hybridized carbons (Fsp3) is 1.00. The molecule has 0 aliphatic rings. The molecule has 0 aliphatic carbocycles. The van der Waals surface area contributed by atoms with Crippen molar-refractivity contribution < 1.29 is 0 Å². The van der Waals surface area contributed by atoms with Gasteiger partial charge in [0, 0.05) is 16.5 Å². The Bertz CT molecular complexity index is 85.7. The third-order valence-corrected chi connectivity index (χ3v) is 2.79. The van der Waals surface area contributed by atoms with Crippen LogP contribution in [0.2, 0.25) is 0 Å². The topological polar surface area (TPSA) is 12.0 Å². The predicted octanol–water partition coefficient (Wildman–Crippen LogP) is 2.13. The van der Waals surface area contributed by atoms with E-state index >= 15 is 0 Å². The second-order valence-corrected chi connectivity index (χ2v) is 5.46. The SMILES string of the molecule is CNC(C)CSC(C)(C)C. The maximum atomic E-state index is 3.22. The molecule has 0 rings (SSSR count). The summed E-state index contributed by atoms with van der Waals surface area (Å²) in [5.74, 6) is 1.19. The van der Waals surface area contributed by atoms with E-state index in [0.29, 0.717) is 10.8 Å². The van der Waals surface area contributed by atoms with Crippen LogP contribution in [0.5, 0.6) is 0 Å². The molecule has 0 saturated heterocycles. The first-order valence-corrected chi connectivity index (χ1v) is 4.75. The summed E-state index contributed by atoms with van der Waals surface area (Å²) < 4.78 is 0.408. The number of rotatable bonds is 3. The van der Waals surface area contributed by atoms with Crippen molar-refractivity contribution in [3.63, 3.8) is 0 Å². The van der Waals surface area contributed by atoms with E-state index < -0.39 is 0 Å². The van der Waals surface area contributed by atoms with Gasteiger partial charge in [0.2, 0.25) is 0 Å². The van der Waals surface area contributed by atoms with Crippen molar-refractivity contribution in [2.24, 2.45) is 0 Å². The molecule has 0 aromatic carbocycles. The van der Waals surface area contributed by atoms with Gasteiger partial charge in [-0.15, -0.1) is 0 Å². The number of hydrogen-bond donors (Lipinski definition) is 1. The highest BCUT2D eigenvalue weighted by atomic mass is 32.2. The van der Waals surface area contributed by atoms with Crippen LogP contribution >= 0.6 is 11.8 Å². The normalized spacial score (nSPS) is 15.3. The van der Waals surface area contributed by atoms with E-state index in [1.807, 2.05) is 18.8 Å². The van der Waals surface area contributed by atoms with Crippen LogP contribution in [0.4, 0.5) is 0 Å². The minimum atomic E-state index is 0.408. The molecule has 0 spiro atoms. The van der Waals surface area contributed by atoms with Crippen LogP contribution < -0.4 is 5.32 Å². The zero-order valence-corrected chi connectivity index (χ0v) is 8.51. The lowest BCUT2D eigenvalue weighted by molar-refractivity contribution is 0.671. The van der Waals surface area contributed by atoms with Gasteiger partial charge in [-0.25, -0.2) is 0 Å². The molecule has 0 aromatic heterocycles. The minimum absolute atomic E-state index is 0.408. The Morgan fingerprint density at radius 2 is 1.90 bits per heavy atom. The smallest absolute Gasteiger partial charge is 0.0127 e. The summed E-state index contributed by atoms with van der Waals surface area (Å²) in [4.78, 5) is 0. The highest BCUT2D eigenvalue weighted by molar-refractivity contribution is 8.00. The molecule has 0 aliphatic heterocycles. The third-order valence-electron chi connectivity index (χ3n) is 1.26. The van der Waals surface area contributed by atoms with Crippen molar-refractivity contribution in [3.05, 3.63) is 0 Å². The van der Waals surface area contributed by atoms with Crippen LogP contribution in [0.1, 0.15) is 27.7 Å². The molecule has 2 heteroatoms. The van der Waals surface area contributed by atoms with E-state index in [4.69, 9.17) is 0 Å². The van der Waals surface area contributed by atoms with Gasteiger partial charge in [0.05, 0.1) is 0 Å². The second kappa shape index (κ2) is 4.24. The first-order chi connectivity index (χ1) is 4.45. The lowest BCUT2D eigenvalue weighted by atomic mass is 10.3. The summed E-state index contributed by atoms with van der Waals surface area (Å²) in [6.07, 6.45) is 0. The van der Waals surface area contributed by atoms with Gasteiger partial charge in [0.25, 0.3) is 0 Å². The van der Waals surface area contributed by atoms with Gasteiger partial charge < -0.3 is 5.32 Å². The van der Waals surface area contributed by atoms with Gasteiger partial charge in [-0.3, -0.25) is 0 Å². The molecule has 1 N–H and O–H groups in total. The first-order valence-electron chi connectivity index (χ1n) is 3.77. The van der Waals surface area contributed by atoms with Gasteiger partial charge in [0.1, 0.15) is 0 Å². The summed E-state index contributed by atoms with van der Waals surface area (Å²) >= 11 is 2.00. The van der Waals surface area contributed by atoms with E-state index in [2.05, 4.69) is 33.0 Å². The second-order valence-electron chi connectivity index (χ2n) is 3.61. The van der Waals surface area contributed by atoms with Crippen LogP contribution in [-0.4, -0.2) is 23.6 Å². The van der Waals surface area contributed by atoms with Crippen LogP contribution in [0.15, 0.2) is 0 Å². The Balaban J connectivity index is 3.36. The van der Waals surface area contributed by atoms with Crippen molar-refractivity contribution in [3.8, 4) is 0 Å². The fourth-order valence-corrected chi connectivity index (χ4v) is 1.37. The lowest BCUT2D eigenvalue weighted by Gasteiger charge is -2.20. The average molecular weight is 161 g/mol. The summed E-state index contributed by atoms with van der Waals surface area (Å²) in [5.41, 5.74) is 0. The Hall–Kier alpha value is 0.310.